The van der Waals surface area contributed by atoms with Crippen molar-refractivity contribution >= 4 is 21.8 Å². The Kier molecular flexibility index (Phi) is 5.83. The van der Waals surface area contributed by atoms with Gasteiger partial charge in [0.05, 0.1) is 11.6 Å². The number of carbonyl (C=O) groups is 1. The average Bonchev–Trinajstić information content (AvgIpc) is 2.52. The van der Waals surface area contributed by atoms with Crippen LogP contribution in [0.1, 0.15) is 11.1 Å². The molecule has 0 radical (unpaired) electrons. The lowest BCUT2D eigenvalue weighted by Gasteiger charge is -2.13. The molecule has 0 aromatic heterocycles. The van der Waals surface area contributed by atoms with Crippen molar-refractivity contribution in [2.75, 3.05) is 13.7 Å². The lowest BCUT2D eigenvalue weighted by molar-refractivity contribution is -0.123. The highest BCUT2D eigenvalue weighted by atomic mass is 79.9. The molecule has 1 amide bonds. The van der Waals surface area contributed by atoms with Gasteiger partial charge in [-0.05, 0) is 46.1 Å². The summed E-state index contributed by atoms with van der Waals surface area (Å²) in [6.45, 7) is 2.38. The van der Waals surface area contributed by atoms with Gasteiger partial charge in [0.2, 0.25) is 0 Å². The van der Waals surface area contributed by atoms with Gasteiger partial charge in [0.25, 0.3) is 5.91 Å². The fraction of sp³-hybridized carbons (Fsp3) is 0.235. The van der Waals surface area contributed by atoms with Crippen molar-refractivity contribution in [3.8, 4) is 11.5 Å². The van der Waals surface area contributed by atoms with E-state index in [0.29, 0.717) is 18.0 Å². The number of ether oxygens (including phenoxy) is 2. The monoisotopic (exact) mass is 363 g/mol. The molecule has 0 saturated carbocycles. The summed E-state index contributed by atoms with van der Waals surface area (Å²) in [5, 5.41) is 2.82. The van der Waals surface area contributed by atoms with Crippen LogP contribution in [-0.4, -0.2) is 19.6 Å². The minimum Gasteiger partial charge on any atom is -0.493 e. The zero-order chi connectivity index (χ0) is 15.9. The van der Waals surface area contributed by atoms with Gasteiger partial charge < -0.3 is 14.8 Å². The highest BCUT2D eigenvalue weighted by Crippen LogP contribution is 2.36. The molecule has 2 rings (SSSR count). The molecule has 1 N–H and O–H groups in total. The number of aryl methyl sites for hydroxylation is 1. The second-order valence-corrected chi connectivity index (χ2v) is 5.68. The molecule has 0 bridgehead atoms. The van der Waals surface area contributed by atoms with Crippen molar-refractivity contribution < 1.29 is 14.3 Å². The van der Waals surface area contributed by atoms with Gasteiger partial charge in [0.15, 0.2) is 18.1 Å². The maximum absolute atomic E-state index is 11.9. The first-order valence-electron chi connectivity index (χ1n) is 6.87. The van der Waals surface area contributed by atoms with Crippen molar-refractivity contribution in [2.24, 2.45) is 0 Å². The summed E-state index contributed by atoms with van der Waals surface area (Å²) >= 11 is 3.43. The normalized spacial score (nSPS) is 10.1. The lowest BCUT2D eigenvalue weighted by Crippen LogP contribution is -2.28. The van der Waals surface area contributed by atoms with E-state index in [1.165, 1.54) is 0 Å². The van der Waals surface area contributed by atoms with E-state index in [9.17, 15) is 4.79 Å². The zero-order valence-corrected chi connectivity index (χ0v) is 14.1. The Bertz CT molecular complexity index is 644. The standard InChI is InChI=1S/C17H18BrNO3/c1-12-8-14(18)17(15(9-12)21-2)22-11-16(20)19-10-13-6-4-3-5-7-13/h3-9H,10-11H2,1-2H3,(H,19,20). The summed E-state index contributed by atoms with van der Waals surface area (Å²) in [5.41, 5.74) is 2.09. The third kappa shape index (κ3) is 4.49. The topological polar surface area (TPSA) is 47.6 Å². The van der Waals surface area contributed by atoms with E-state index in [-0.39, 0.29) is 12.5 Å². The summed E-state index contributed by atoms with van der Waals surface area (Å²) in [6.07, 6.45) is 0. The quantitative estimate of drug-likeness (QED) is 0.854. The molecule has 0 spiro atoms. The summed E-state index contributed by atoms with van der Waals surface area (Å²) in [7, 11) is 1.57. The van der Waals surface area contributed by atoms with Crippen LogP contribution in [0.2, 0.25) is 0 Å². The molecule has 0 unspecified atom stereocenters. The van der Waals surface area contributed by atoms with Gasteiger partial charge >= 0.3 is 0 Å². The number of hydrogen-bond donors (Lipinski definition) is 1. The first-order valence-corrected chi connectivity index (χ1v) is 7.67. The van der Waals surface area contributed by atoms with Crippen LogP contribution in [0, 0.1) is 6.92 Å². The van der Waals surface area contributed by atoms with E-state index in [4.69, 9.17) is 9.47 Å². The lowest BCUT2D eigenvalue weighted by atomic mass is 10.2. The van der Waals surface area contributed by atoms with Gasteiger partial charge in [-0.3, -0.25) is 4.79 Å². The second-order valence-electron chi connectivity index (χ2n) is 4.83. The van der Waals surface area contributed by atoms with Gasteiger partial charge in [-0.2, -0.15) is 0 Å². The molecule has 0 aliphatic heterocycles. The molecule has 0 fully saturated rings. The Morgan fingerprint density at radius 3 is 2.64 bits per heavy atom. The van der Waals surface area contributed by atoms with Crippen LogP contribution in [0.5, 0.6) is 11.5 Å². The molecule has 2 aromatic rings. The van der Waals surface area contributed by atoms with Gasteiger partial charge in [0, 0.05) is 6.54 Å². The predicted octanol–water partition coefficient (Wildman–Crippen LogP) is 3.46. The molecule has 116 valence electrons. The molecule has 22 heavy (non-hydrogen) atoms. The van der Waals surface area contributed by atoms with Gasteiger partial charge in [0.1, 0.15) is 0 Å². The van der Waals surface area contributed by atoms with E-state index in [2.05, 4.69) is 21.2 Å². The number of methoxy groups -OCH3 is 1. The Hall–Kier alpha value is -2.01. The summed E-state index contributed by atoms with van der Waals surface area (Å²) < 4.78 is 11.6. The van der Waals surface area contributed by atoms with E-state index in [1.807, 2.05) is 49.4 Å². The van der Waals surface area contributed by atoms with Crippen LogP contribution in [0.3, 0.4) is 0 Å². The zero-order valence-electron chi connectivity index (χ0n) is 12.6. The number of halogens is 1. The molecule has 0 atom stereocenters. The third-order valence-electron chi connectivity index (χ3n) is 3.05. The number of rotatable bonds is 6. The summed E-state index contributed by atoms with van der Waals surface area (Å²) in [6, 6.07) is 13.5. The SMILES string of the molecule is COc1cc(C)cc(Br)c1OCC(=O)NCc1ccccc1. The molecule has 2 aromatic carbocycles. The Morgan fingerprint density at radius 1 is 1.23 bits per heavy atom. The second kappa shape index (κ2) is 7.84. The van der Waals surface area contributed by atoms with Crippen LogP contribution in [0.4, 0.5) is 0 Å². The van der Waals surface area contributed by atoms with Crippen molar-refractivity contribution in [1.82, 2.24) is 5.32 Å². The van der Waals surface area contributed by atoms with E-state index in [0.717, 1.165) is 15.6 Å². The van der Waals surface area contributed by atoms with Crippen molar-refractivity contribution in [1.29, 1.82) is 0 Å². The Morgan fingerprint density at radius 2 is 1.95 bits per heavy atom. The van der Waals surface area contributed by atoms with E-state index < -0.39 is 0 Å². The number of hydrogen-bond acceptors (Lipinski definition) is 3. The molecular formula is C17H18BrNO3. The van der Waals surface area contributed by atoms with Crippen molar-refractivity contribution in [3.63, 3.8) is 0 Å². The molecule has 4 nitrogen and oxygen atoms in total. The molecule has 0 aliphatic rings. The molecule has 0 heterocycles. The first kappa shape index (κ1) is 16.4. The maximum Gasteiger partial charge on any atom is 0.258 e. The predicted molar refractivity (Wildman–Crippen MR) is 89.2 cm³/mol. The Balaban J connectivity index is 1.91. The molecule has 0 saturated heterocycles. The smallest absolute Gasteiger partial charge is 0.258 e. The highest BCUT2D eigenvalue weighted by Gasteiger charge is 2.12. The summed E-state index contributed by atoms with van der Waals surface area (Å²) in [5.74, 6) is 0.948. The third-order valence-corrected chi connectivity index (χ3v) is 3.64. The van der Waals surface area contributed by atoms with Crippen LogP contribution in [-0.2, 0) is 11.3 Å². The number of nitrogens with one attached hydrogen (secondary N) is 1. The number of benzene rings is 2. The molecule has 5 heteroatoms. The fourth-order valence-corrected chi connectivity index (χ4v) is 2.65. The average molecular weight is 364 g/mol. The molecule has 0 aliphatic carbocycles. The van der Waals surface area contributed by atoms with Crippen LogP contribution < -0.4 is 14.8 Å². The minimum atomic E-state index is -0.182. The maximum atomic E-state index is 11.9. The Labute approximate surface area is 138 Å². The number of carbonyl (C=O) groups excluding carboxylic acids is 1. The highest BCUT2D eigenvalue weighted by molar-refractivity contribution is 9.10. The molecular weight excluding hydrogens is 346 g/mol. The first-order chi connectivity index (χ1) is 10.6. The fourth-order valence-electron chi connectivity index (χ4n) is 1.97. The van der Waals surface area contributed by atoms with Crippen LogP contribution in [0.25, 0.3) is 0 Å². The minimum absolute atomic E-state index is 0.0646. The van der Waals surface area contributed by atoms with Crippen LogP contribution in [0.15, 0.2) is 46.9 Å². The van der Waals surface area contributed by atoms with Gasteiger partial charge in [-0.25, -0.2) is 0 Å². The van der Waals surface area contributed by atoms with E-state index in [1.54, 1.807) is 7.11 Å². The number of amides is 1. The van der Waals surface area contributed by atoms with Crippen molar-refractivity contribution in [2.45, 2.75) is 13.5 Å². The van der Waals surface area contributed by atoms with E-state index >= 15 is 0 Å². The van der Waals surface area contributed by atoms with Crippen molar-refractivity contribution in [3.05, 3.63) is 58.1 Å². The van der Waals surface area contributed by atoms with Crippen LogP contribution >= 0.6 is 15.9 Å². The van der Waals surface area contributed by atoms with Gasteiger partial charge in [-0.15, -0.1) is 0 Å². The van der Waals surface area contributed by atoms with Gasteiger partial charge in [-0.1, -0.05) is 30.3 Å². The summed E-state index contributed by atoms with van der Waals surface area (Å²) in [4.78, 5) is 11.9. The largest absolute Gasteiger partial charge is 0.493 e.